The molecular formula is C58H41N3. The van der Waals surface area contributed by atoms with Crippen molar-refractivity contribution in [3.05, 3.63) is 224 Å². The van der Waals surface area contributed by atoms with Gasteiger partial charge in [-0.2, -0.15) is 0 Å². The van der Waals surface area contributed by atoms with Crippen LogP contribution >= 0.6 is 0 Å². The Labute approximate surface area is 355 Å². The van der Waals surface area contributed by atoms with E-state index in [4.69, 9.17) is 4.98 Å². The van der Waals surface area contributed by atoms with Crippen LogP contribution in [0.1, 0.15) is 25.0 Å². The number of hydrogen-bond acceptors (Lipinski definition) is 2. The van der Waals surface area contributed by atoms with Gasteiger partial charge in [0.2, 0.25) is 0 Å². The molecule has 0 radical (unpaired) electrons. The molecule has 0 amide bonds. The van der Waals surface area contributed by atoms with Crippen LogP contribution in [0.3, 0.4) is 0 Å². The van der Waals surface area contributed by atoms with E-state index >= 15 is 0 Å². The number of imidazole rings is 1. The van der Waals surface area contributed by atoms with Crippen LogP contribution in [-0.4, -0.2) is 9.38 Å². The largest absolute Gasteiger partial charge is 0.310 e. The van der Waals surface area contributed by atoms with Crippen LogP contribution in [-0.2, 0) is 5.41 Å². The Kier molecular flexibility index (Phi) is 7.88. The second-order valence-electron chi connectivity index (χ2n) is 16.8. The molecule has 1 aliphatic carbocycles. The van der Waals surface area contributed by atoms with Crippen molar-refractivity contribution in [1.82, 2.24) is 9.38 Å². The molecule has 0 bridgehead atoms. The van der Waals surface area contributed by atoms with Crippen molar-refractivity contribution in [2.75, 3.05) is 4.90 Å². The number of aromatic nitrogens is 2. The van der Waals surface area contributed by atoms with Gasteiger partial charge in [0.1, 0.15) is 5.65 Å². The lowest BCUT2D eigenvalue weighted by Gasteiger charge is -2.28. The lowest BCUT2D eigenvalue weighted by atomic mass is 9.82. The first-order valence-corrected chi connectivity index (χ1v) is 21.1. The van der Waals surface area contributed by atoms with Crippen LogP contribution in [0.2, 0.25) is 0 Å². The number of nitrogens with zero attached hydrogens (tertiary/aromatic N) is 3. The minimum absolute atomic E-state index is 0.0750. The summed E-state index contributed by atoms with van der Waals surface area (Å²) in [5.41, 5.74) is 19.0. The van der Waals surface area contributed by atoms with Crippen LogP contribution in [0.25, 0.3) is 82.7 Å². The Morgan fingerprint density at radius 1 is 0.393 bits per heavy atom. The zero-order valence-corrected chi connectivity index (χ0v) is 34.0. The third-order valence-corrected chi connectivity index (χ3v) is 13.0. The Morgan fingerprint density at radius 3 is 1.66 bits per heavy atom. The molecule has 0 atom stereocenters. The maximum atomic E-state index is 5.15. The van der Waals surface area contributed by atoms with Gasteiger partial charge >= 0.3 is 0 Å². The highest BCUT2D eigenvalue weighted by Crippen LogP contribution is 2.50. The highest BCUT2D eigenvalue weighted by molar-refractivity contribution is 6.25. The summed E-state index contributed by atoms with van der Waals surface area (Å²) in [5.74, 6) is 0. The number of anilines is 3. The molecule has 2 aromatic heterocycles. The van der Waals surface area contributed by atoms with Crippen LogP contribution in [0, 0.1) is 0 Å². The Hall–Kier alpha value is -7.75. The van der Waals surface area contributed by atoms with Crippen molar-refractivity contribution in [1.29, 1.82) is 0 Å². The Bertz CT molecular complexity index is 3470. The van der Waals surface area contributed by atoms with E-state index in [1.165, 1.54) is 77.2 Å². The molecule has 11 aromatic rings. The van der Waals surface area contributed by atoms with Crippen molar-refractivity contribution in [3.8, 4) is 44.5 Å². The quantitative estimate of drug-likeness (QED) is 0.157. The van der Waals surface area contributed by atoms with Crippen molar-refractivity contribution in [3.63, 3.8) is 0 Å². The molecule has 0 N–H and O–H groups in total. The lowest BCUT2D eigenvalue weighted by molar-refractivity contribution is 0.660. The van der Waals surface area contributed by atoms with E-state index in [-0.39, 0.29) is 5.41 Å². The first kappa shape index (κ1) is 35.2. The standard InChI is InChI=1S/C58H41N3/c1-58(2)53-18-10-9-17-47(53)48-33-30-46(37-54(48)58)61(44-15-7-4-8-16-44)45-28-24-40(25-29-45)39-20-22-41(23-21-39)43-27-32-50-52(36-43)51-35-42(38-13-5-3-6-14-38)26-31-49(51)56-57(50)60-34-12-11-19-55(60)59-56/h3-37H,1-2H3. The number of hydrogen-bond donors (Lipinski definition) is 0. The van der Waals surface area contributed by atoms with Gasteiger partial charge in [-0.1, -0.05) is 159 Å². The van der Waals surface area contributed by atoms with Crippen LogP contribution in [0.4, 0.5) is 17.1 Å². The fourth-order valence-corrected chi connectivity index (χ4v) is 9.89. The Morgan fingerprint density at radius 2 is 0.918 bits per heavy atom. The van der Waals surface area contributed by atoms with E-state index < -0.39 is 0 Å². The fourth-order valence-electron chi connectivity index (χ4n) is 9.89. The van der Waals surface area contributed by atoms with Gasteiger partial charge in [-0.15, -0.1) is 0 Å². The van der Waals surface area contributed by atoms with Gasteiger partial charge in [0.05, 0.1) is 11.0 Å². The number of rotatable bonds is 6. The summed E-state index contributed by atoms with van der Waals surface area (Å²) in [6.07, 6.45) is 2.12. The van der Waals surface area contributed by atoms with E-state index in [2.05, 4.69) is 236 Å². The topological polar surface area (TPSA) is 20.5 Å². The molecule has 0 saturated carbocycles. The second-order valence-corrected chi connectivity index (χ2v) is 16.8. The summed E-state index contributed by atoms with van der Waals surface area (Å²) in [5, 5.41) is 4.80. The summed E-state index contributed by atoms with van der Waals surface area (Å²) in [4.78, 5) is 7.52. The number of fused-ring (bicyclic) bond motifs is 11. The van der Waals surface area contributed by atoms with Gasteiger partial charge in [-0.3, -0.25) is 4.40 Å². The summed E-state index contributed by atoms with van der Waals surface area (Å²) in [6, 6.07) is 75.2. The normalized spacial score (nSPS) is 12.9. The summed E-state index contributed by atoms with van der Waals surface area (Å²) < 4.78 is 2.23. The molecule has 1 aliphatic rings. The van der Waals surface area contributed by atoms with E-state index in [9.17, 15) is 0 Å². The van der Waals surface area contributed by atoms with Gasteiger partial charge in [0, 0.05) is 39.4 Å². The lowest BCUT2D eigenvalue weighted by Crippen LogP contribution is -2.16. The molecule has 3 heteroatoms. The summed E-state index contributed by atoms with van der Waals surface area (Å²) in [6.45, 7) is 4.69. The Balaban J connectivity index is 0.907. The molecule has 0 aliphatic heterocycles. The van der Waals surface area contributed by atoms with Gasteiger partial charge in [-0.05, 0) is 127 Å². The molecule has 0 spiro atoms. The van der Waals surface area contributed by atoms with Crippen LogP contribution < -0.4 is 4.90 Å². The average molecular weight is 780 g/mol. The van der Waals surface area contributed by atoms with E-state index in [0.717, 1.165) is 33.7 Å². The third-order valence-electron chi connectivity index (χ3n) is 13.0. The van der Waals surface area contributed by atoms with E-state index in [0.29, 0.717) is 0 Å². The van der Waals surface area contributed by atoms with Crippen LogP contribution in [0.15, 0.2) is 212 Å². The monoisotopic (exact) mass is 779 g/mol. The molecule has 0 unspecified atom stereocenters. The predicted molar refractivity (Wildman–Crippen MR) is 256 cm³/mol. The number of benzene rings is 9. The average Bonchev–Trinajstić information content (AvgIpc) is 3.82. The SMILES string of the molecule is CC1(C)c2ccccc2-c2ccc(N(c3ccccc3)c3ccc(-c4ccc(-c5ccc6c(c5)c5cc(-c7ccccc7)ccc5c5nc7ccccn7c65)cc4)cc3)cc21. The molecule has 288 valence electrons. The van der Waals surface area contributed by atoms with Crippen molar-refractivity contribution < 1.29 is 0 Å². The molecule has 2 heterocycles. The molecule has 61 heavy (non-hydrogen) atoms. The molecule has 3 nitrogen and oxygen atoms in total. The smallest absolute Gasteiger partial charge is 0.137 e. The van der Waals surface area contributed by atoms with Crippen molar-refractivity contribution >= 4 is 55.3 Å². The van der Waals surface area contributed by atoms with Gasteiger partial charge < -0.3 is 4.90 Å². The van der Waals surface area contributed by atoms with Crippen molar-refractivity contribution in [2.24, 2.45) is 0 Å². The minimum atomic E-state index is -0.0750. The summed E-state index contributed by atoms with van der Waals surface area (Å²) >= 11 is 0. The second kappa shape index (κ2) is 13.7. The highest BCUT2D eigenvalue weighted by Gasteiger charge is 2.35. The van der Waals surface area contributed by atoms with E-state index in [1.54, 1.807) is 0 Å². The zero-order chi connectivity index (χ0) is 40.7. The van der Waals surface area contributed by atoms with Gasteiger partial charge in [0.25, 0.3) is 0 Å². The maximum absolute atomic E-state index is 5.15. The van der Waals surface area contributed by atoms with Crippen molar-refractivity contribution in [2.45, 2.75) is 19.3 Å². The first-order valence-electron chi connectivity index (χ1n) is 21.1. The number of pyridine rings is 1. The van der Waals surface area contributed by atoms with Gasteiger partial charge in [0.15, 0.2) is 0 Å². The molecule has 12 rings (SSSR count). The maximum Gasteiger partial charge on any atom is 0.137 e. The molecular weight excluding hydrogens is 739 g/mol. The minimum Gasteiger partial charge on any atom is -0.310 e. The highest BCUT2D eigenvalue weighted by atomic mass is 15.1. The molecule has 0 saturated heterocycles. The first-order chi connectivity index (χ1) is 30.0. The predicted octanol–water partition coefficient (Wildman–Crippen LogP) is 15.6. The molecule has 0 fully saturated rings. The molecule has 9 aromatic carbocycles. The van der Waals surface area contributed by atoms with Crippen LogP contribution in [0.5, 0.6) is 0 Å². The third kappa shape index (κ3) is 5.62. The fraction of sp³-hybridized carbons (Fsp3) is 0.0517. The summed E-state index contributed by atoms with van der Waals surface area (Å²) in [7, 11) is 0. The van der Waals surface area contributed by atoms with E-state index in [1.807, 2.05) is 0 Å². The van der Waals surface area contributed by atoms with Gasteiger partial charge in [-0.25, -0.2) is 4.98 Å². The number of para-hydroxylation sites is 1. The zero-order valence-electron chi connectivity index (χ0n) is 34.0.